The second kappa shape index (κ2) is 9.22. The van der Waals surface area contributed by atoms with E-state index in [2.05, 4.69) is 10.1 Å². The summed E-state index contributed by atoms with van der Waals surface area (Å²) in [4.78, 5) is 18.8. The first-order chi connectivity index (χ1) is 14.6. The van der Waals surface area contributed by atoms with E-state index in [0.29, 0.717) is 36.0 Å². The second-order valence-corrected chi connectivity index (χ2v) is 7.75. The molecular weight excluding hydrogens is 405 g/mol. The molecule has 154 valence electrons. The lowest BCUT2D eigenvalue weighted by Crippen LogP contribution is -2.39. The van der Waals surface area contributed by atoms with Crippen molar-refractivity contribution in [2.45, 2.75) is 19.3 Å². The minimum absolute atomic E-state index is 0.0443. The summed E-state index contributed by atoms with van der Waals surface area (Å²) in [5.41, 5.74) is 1.13. The molecule has 3 aromatic rings. The lowest BCUT2D eigenvalue weighted by Gasteiger charge is -2.31. The third-order valence-electron chi connectivity index (χ3n) is 5.19. The van der Waals surface area contributed by atoms with Gasteiger partial charge in [-0.1, -0.05) is 47.1 Å². The van der Waals surface area contributed by atoms with Crippen molar-refractivity contribution in [1.29, 1.82) is 0 Å². The van der Waals surface area contributed by atoms with Gasteiger partial charge < -0.3 is 9.42 Å². The fraction of sp³-hybridized carbons (Fsp3) is 0.261. The van der Waals surface area contributed by atoms with Crippen LogP contribution in [0.3, 0.4) is 0 Å². The first-order valence-corrected chi connectivity index (χ1v) is 10.3. The normalized spacial score (nSPS) is 16.9. The van der Waals surface area contributed by atoms with Gasteiger partial charge in [0, 0.05) is 30.6 Å². The number of benzene rings is 2. The fourth-order valence-electron chi connectivity index (χ4n) is 3.65. The number of rotatable bonds is 5. The quantitative estimate of drug-likeness (QED) is 0.538. The number of likely N-dealkylation sites (tertiary alicyclic amines) is 1. The molecule has 0 spiro atoms. The van der Waals surface area contributed by atoms with Crippen molar-refractivity contribution in [2.75, 3.05) is 13.1 Å². The van der Waals surface area contributed by atoms with E-state index >= 15 is 0 Å². The Bertz CT molecular complexity index is 1070. The molecule has 0 N–H and O–H groups in total. The van der Waals surface area contributed by atoms with Gasteiger partial charge in [-0.2, -0.15) is 4.98 Å². The van der Waals surface area contributed by atoms with Gasteiger partial charge in [0.2, 0.25) is 17.6 Å². The monoisotopic (exact) mass is 425 g/mol. The predicted octanol–water partition coefficient (Wildman–Crippen LogP) is 5.02. The maximum atomic E-state index is 13.9. The van der Waals surface area contributed by atoms with Crippen molar-refractivity contribution < 1.29 is 13.7 Å². The number of nitrogens with zero attached hydrogens (tertiary/aromatic N) is 3. The molecule has 0 aliphatic carbocycles. The predicted molar refractivity (Wildman–Crippen MR) is 113 cm³/mol. The van der Waals surface area contributed by atoms with Crippen LogP contribution in [0.4, 0.5) is 4.39 Å². The van der Waals surface area contributed by atoms with Crippen molar-refractivity contribution in [2.24, 2.45) is 5.92 Å². The standard InChI is InChI=1S/C23H21ClFN3O2/c24-19-9-3-1-7-17(19)11-12-22(29)28-13-5-6-16(15-28)14-21-26-23(27-30-21)18-8-2-4-10-20(18)25/h1-4,7-12,16H,5-6,13-15H2/b12-11+/t16-/m0/s1. The van der Waals surface area contributed by atoms with Gasteiger partial charge in [0.25, 0.3) is 0 Å². The van der Waals surface area contributed by atoms with E-state index < -0.39 is 0 Å². The van der Waals surface area contributed by atoms with Gasteiger partial charge >= 0.3 is 0 Å². The molecule has 1 aromatic heterocycles. The zero-order chi connectivity index (χ0) is 20.9. The number of amides is 1. The lowest BCUT2D eigenvalue weighted by molar-refractivity contribution is -0.127. The van der Waals surface area contributed by atoms with Gasteiger partial charge in [0.15, 0.2) is 0 Å². The molecule has 1 atom stereocenters. The van der Waals surface area contributed by atoms with Gasteiger partial charge in [-0.15, -0.1) is 0 Å². The summed E-state index contributed by atoms with van der Waals surface area (Å²) in [5, 5.41) is 4.52. The lowest BCUT2D eigenvalue weighted by atomic mass is 9.94. The molecule has 0 saturated carbocycles. The summed E-state index contributed by atoms with van der Waals surface area (Å²) >= 11 is 6.14. The van der Waals surface area contributed by atoms with Crippen LogP contribution in [0.5, 0.6) is 0 Å². The molecule has 1 amide bonds. The van der Waals surface area contributed by atoms with Crippen LogP contribution in [0.15, 0.2) is 59.1 Å². The number of aromatic nitrogens is 2. The van der Waals surface area contributed by atoms with E-state index in [-0.39, 0.29) is 23.5 Å². The van der Waals surface area contributed by atoms with Gasteiger partial charge in [-0.05, 0) is 48.6 Å². The summed E-state index contributed by atoms with van der Waals surface area (Å²) in [6.07, 6.45) is 5.74. The average molecular weight is 426 g/mol. The molecule has 1 saturated heterocycles. The Kier molecular flexibility index (Phi) is 6.23. The van der Waals surface area contributed by atoms with Crippen LogP contribution in [-0.2, 0) is 11.2 Å². The molecule has 2 heterocycles. The molecule has 7 heteroatoms. The summed E-state index contributed by atoms with van der Waals surface area (Å²) < 4.78 is 19.3. The zero-order valence-electron chi connectivity index (χ0n) is 16.3. The Morgan fingerprint density at radius 2 is 2.03 bits per heavy atom. The van der Waals surface area contributed by atoms with Crippen LogP contribution in [0.25, 0.3) is 17.5 Å². The van der Waals surface area contributed by atoms with Gasteiger partial charge in [0.1, 0.15) is 5.82 Å². The SMILES string of the molecule is O=C(/C=C/c1ccccc1Cl)N1CCC[C@@H](Cc2nc(-c3ccccc3F)no2)C1. The van der Waals surface area contributed by atoms with Gasteiger partial charge in [-0.3, -0.25) is 4.79 Å². The number of carbonyl (C=O) groups is 1. The van der Waals surface area contributed by atoms with E-state index in [1.54, 1.807) is 36.4 Å². The average Bonchev–Trinajstić information content (AvgIpc) is 3.21. The Balaban J connectivity index is 1.38. The zero-order valence-corrected chi connectivity index (χ0v) is 17.1. The highest BCUT2D eigenvalue weighted by Gasteiger charge is 2.25. The van der Waals surface area contributed by atoms with Crippen LogP contribution < -0.4 is 0 Å². The maximum absolute atomic E-state index is 13.9. The minimum atomic E-state index is -0.385. The third-order valence-corrected chi connectivity index (χ3v) is 5.53. The van der Waals surface area contributed by atoms with Crippen LogP contribution in [-0.4, -0.2) is 34.0 Å². The van der Waals surface area contributed by atoms with Crippen molar-refractivity contribution in [3.8, 4) is 11.4 Å². The Morgan fingerprint density at radius 1 is 1.23 bits per heavy atom. The maximum Gasteiger partial charge on any atom is 0.246 e. The van der Waals surface area contributed by atoms with E-state index in [1.807, 2.05) is 23.1 Å². The van der Waals surface area contributed by atoms with Crippen LogP contribution in [0, 0.1) is 11.7 Å². The number of hydrogen-bond donors (Lipinski definition) is 0. The van der Waals surface area contributed by atoms with Crippen molar-refractivity contribution >= 4 is 23.6 Å². The van der Waals surface area contributed by atoms with Crippen molar-refractivity contribution in [1.82, 2.24) is 15.0 Å². The minimum Gasteiger partial charge on any atom is -0.339 e. The molecule has 2 aromatic carbocycles. The van der Waals surface area contributed by atoms with Gasteiger partial charge in [-0.25, -0.2) is 4.39 Å². The highest BCUT2D eigenvalue weighted by Crippen LogP contribution is 2.24. The van der Waals surface area contributed by atoms with E-state index in [9.17, 15) is 9.18 Å². The summed E-state index contributed by atoms with van der Waals surface area (Å²) in [6, 6.07) is 13.7. The number of halogens is 2. The number of piperidine rings is 1. The third kappa shape index (κ3) is 4.76. The molecule has 0 bridgehead atoms. The van der Waals surface area contributed by atoms with Crippen LogP contribution in [0.1, 0.15) is 24.3 Å². The van der Waals surface area contributed by atoms with E-state index in [0.717, 1.165) is 18.4 Å². The first-order valence-electron chi connectivity index (χ1n) is 9.89. The highest BCUT2D eigenvalue weighted by molar-refractivity contribution is 6.32. The smallest absolute Gasteiger partial charge is 0.246 e. The molecule has 0 radical (unpaired) electrons. The first kappa shape index (κ1) is 20.3. The molecule has 30 heavy (non-hydrogen) atoms. The highest BCUT2D eigenvalue weighted by atomic mass is 35.5. The topological polar surface area (TPSA) is 59.2 Å². The second-order valence-electron chi connectivity index (χ2n) is 7.34. The molecule has 1 aliphatic heterocycles. The Morgan fingerprint density at radius 3 is 2.87 bits per heavy atom. The molecular formula is C23H21ClFN3O2. The Labute approximate surface area is 179 Å². The van der Waals surface area contributed by atoms with E-state index in [1.165, 1.54) is 6.07 Å². The largest absolute Gasteiger partial charge is 0.339 e. The van der Waals surface area contributed by atoms with Gasteiger partial charge in [0.05, 0.1) is 5.56 Å². The fourth-order valence-corrected chi connectivity index (χ4v) is 3.84. The molecule has 0 unspecified atom stereocenters. The number of hydrogen-bond acceptors (Lipinski definition) is 4. The molecule has 1 fully saturated rings. The summed E-state index contributed by atoms with van der Waals surface area (Å²) in [7, 11) is 0. The molecule has 4 rings (SSSR count). The summed E-state index contributed by atoms with van der Waals surface area (Å²) in [5.74, 6) is 0.487. The van der Waals surface area contributed by atoms with Crippen LogP contribution in [0.2, 0.25) is 5.02 Å². The van der Waals surface area contributed by atoms with E-state index in [4.69, 9.17) is 16.1 Å². The summed E-state index contributed by atoms with van der Waals surface area (Å²) in [6.45, 7) is 1.33. The van der Waals surface area contributed by atoms with Crippen molar-refractivity contribution in [3.05, 3.63) is 76.9 Å². The van der Waals surface area contributed by atoms with Crippen LogP contribution >= 0.6 is 11.6 Å². The Hall–Kier alpha value is -2.99. The molecule has 1 aliphatic rings. The number of carbonyl (C=O) groups excluding carboxylic acids is 1. The van der Waals surface area contributed by atoms with Crippen molar-refractivity contribution in [3.63, 3.8) is 0 Å². The molecule has 5 nitrogen and oxygen atoms in total.